The molecule has 3 rings (SSSR count). The Morgan fingerprint density at radius 1 is 1.03 bits per heavy atom. The molecule has 3 aliphatic rings. The molecule has 6 heteroatoms. The van der Waals surface area contributed by atoms with E-state index in [9.17, 15) is 14.4 Å². The second kappa shape index (κ2) is 9.56. The lowest BCUT2D eigenvalue weighted by molar-refractivity contribution is -0.161. The predicted molar refractivity (Wildman–Crippen MR) is 123 cm³/mol. The van der Waals surface area contributed by atoms with Crippen LogP contribution in [0.3, 0.4) is 0 Å². The number of allylic oxidation sites excluding steroid dienone is 1. The van der Waals surface area contributed by atoms with Gasteiger partial charge in [-0.3, -0.25) is 14.4 Å². The molecule has 0 spiro atoms. The van der Waals surface area contributed by atoms with Crippen molar-refractivity contribution in [2.24, 2.45) is 34.5 Å². The third kappa shape index (κ3) is 4.89. The Morgan fingerprint density at radius 2 is 1.75 bits per heavy atom. The average molecular weight is 448 g/mol. The Hall–Kier alpha value is -1.85. The van der Waals surface area contributed by atoms with Crippen LogP contribution >= 0.6 is 0 Å². The highest BCUT2D eigenvalue weighted by molar-refractivity contribution is 5.72. The van der Waals surface area contributed by atoms with Crippen LogP contribution in [0.2, 0.25) is 0 Å². The first-order valence-electron chi connectivity index (χ1n) is 12.2. The van der Waals surface area contributed by atoms with Crippen LogP contribution in [0.5, 0.6) is 0 Å². The van der Waals surface area contributed by atoms with Crippen molar-refractivity contribution in [2.45, 2.75) is 85.7 Å². The van der Waals surface area contributed by atoms with Crippen LogP contribution in [0.1, 0.15) is 79.6 Å². The van der Waals surface area contributed by atoms with Gasteiger partial charge in [-0.25, -0.2) is 0 Å². The number of esters is 2. The molecule has 1 unspecified atom stereocenters. The highest BCUT2D eigenvalue weighted by atomic mass is 16.5. The number of fused-ring (bicyclic) bond motifs is 1. The Bertz CT molecular complexity index is 763. The zero-order valence-corrected chi connectivity index (χ0v) is 20.5. The van der Waals surface area contributed by atoms with Crippen molar-refractivity contribution >= 4 is 17.8 Å². The molecule has 180 valence electrons. The number of ether oxygens (including phenoxy) is 2. The van der Waals surface area contributed by atoms with Gasteiger partial charge in [-0.1, -0.05) is 26.0 Å². The summed E-state index contributed by atoms with van der Waals surface area (Å²) in [6.07, 6.45) is 6.69. The first-order valence-corrected chi connectivity index (χ1v) is 12.2. The molecule has 0 aromatic rings. The van der Waals surface area contributed by atoms with Gasteiger partial charge < -0.3 is 14.8 Å². The first kappa shape index (κ1) is 24.8. The molecular formula is C26H41NO5. The average Bonchev–Trinajstić information content (AvgIpc) is 3.00. The van der Waals surface area contributed by atoms with Gasteiger partial charge in [-0.2, -0.15) is 0 Å². The SMILES string of the molecule is C=C1CC[C@H]2[C@H](CNC(C)=O)C([C@@]3(C)CC[C@H](OC(C)=O)C[C@@H]3COC(C)=O)CC[C@]12C. The van der Waals surface area contributed by atoms with Crippen LogP contribution in [-0.4, -0.2) is 37.1 Å². The molecule has 6 nitrogen and oxygen atoms in total. The summed E-state index contributed by atoms with van der Waals surface area (Å²) in [5.41, 5.74) is 1.44. The van der Waals surface area contributed by atoms with E-state index in [4.69, 9.17) is 9.47 Å². The monoisotopic (exact) mass is 447 g/mol. The highest BCUT2D eigenvalue weighted by Gasteiger charge is 2.57. The summed E-state index contributed by atoms with van der Waals surface area (Å²) in [7, 11) is 0. The summed E-state index contributed by atoms with van der Waals surface area (Å²) in [4.78, 5) is 35.1. The third-order valence-electron chi connectivity index (χ3n) is 9.13. The predicted octanol–water partition coefficient (Wildman–Crippen LogP) is 4.42. The quantitative estimate of drug-likeness (QED) is 0.481. The zero-order chi connectivity index (χ0) is 23.7. The molecule has 1 amide bonds. The van der Waals surface area contributed by atoms with Crippen molar-refractivity contribution in [1.29, 1.82) is 0 Å². The van der Waals surface area contributed by atoms with Gasteiger partial charge in [-0.05, 0) is 73.5 Å². The molecular weight excluding hydrogens is 406 g/mol. The second-order valence-electron chi connectivity index (χ2n) is 10.9. The molecule has 0 aromatic carbocycles. The molecule has 0 saturated heterocycles. The van der Waals surface area contributed by atoms with Crippen LogP contribution in [0, 0.1) is 34.5 Å². The number of amides is 1. The molecule has 0 aliphatic heterocycles. The van der Waals surface area contributed by atoms with Crippen LogP contribution in [0.15, 0.2) is 12.2 Å². The highest BCUT2D eigenvalue weighted by Crippen LogP contribution is 2.63. The molecule has 0 bridgehead atoms. The number of carbonyl (C=O) groups excluding carboxylic acids is 3. The molecule has 3 fully saturated rings. The fraction of sp³-hybridized carbons (Fsp3) is 0.808. The van der Waals surface area contributed by atoms with Crippen molar-refractivity contribution in [3.8, 4) is 0 Å². The summed E-state index contributed by atoms with van der Waals surface area (Å²) >= 11 is 0. The fourth-order valence-corrected chi connectivity index (χ4v) is 7.25. The Kier molecular flexibility index (Phi) is 7.41. The van der Waals surface area contributed by atoms with E-state index in [1.54, 1.807) is 6.92 Å². The molecule has 1 N–H and O–H groups in total. The summed E-state index contributed by atoms with van der Waals surface area (Å²) in [6, 6.07) is 0. The maximum atomic E-state index is 11.8. The lowest BCUT2D eigenvalue weighted by Crippen LogP contribution is -2.54. The summed E-state index contributed by atoms with van der Waals surface area (Å²) in [6.45, 7) is 14.6. The molecule has 32 heavy (non-hydrogen) atoms. The minimum Gasteiger partial charge on any atom is -0.466 e. The smallest absolute Gasteiger partial charge is 0.302 e. The van der Waals surface area contributed by atoms with Gasteiger partial charge in [0.25, 0.3) is 0 Å². The molecule has 0 radical (unpaired) electrons. The second-order valence-corrected chi connectivity index (χ2v) is 10.9. The van der Waals surface area contributed by atoms with Crippen molar-refractivity contribution < 1.29 is 23.9 Å². The van der Waals surface area contributed by atoms with Gasteiger partial charge in [0.05, 0.1) is 6.61 Å². The Morgan fingerprint density at radius 3 is 2.38 bits per heavy atom. The maximum absolute atomic E-state index is 11.8. The molecule has 3 aliphatic carbocycles. The zero-order valence-electron chi connectivity index (χ0n) is 20.5. The standard InChI is InChI=1S/C26H41NO5/c1-16-7-8-23-22(14-27-17(2)28)24(10-12-25(16,23)5)26(6)11-9-21(32-19(4)30)13-20(26)15-31-18(3)29/h20-24H,1,7-15H2,2-6H3,(H,27,28)/t20-,21+,22+,23+,24?,25-,26+/m1/s1. The van der Waals surface area contributed by atoms with Crippen molar-refractivity contribution in [1.82, 2.24) is 5.32 Å². The minimum atomic E-state index is -0.278. The van der Waals surface area contributed by atoms with Crippen LogP contribution in [-0.2, 0) is 23.9 Å². The normalized spacial score (nSPS) is 39.2. The Balaban J connectivity index is 1.90. The maximum Gasteiger partial charge on any atom is 0.302 e. The summed E-state index contributed by atoms with van der Waals surface area (Å²) < 4.78 is 11.1. The van der Waals surface area contributed by atoms with Crippen LogP contribution in [0.4, 0.5) is 0 Å². The number of rotatable bonds is 6. The lowest BCUT2D eigenvalue weighted by Gasteiger charge is -2.56. The van der Waals surface area contributed by atoms with Crippen molar-refractivity contribution in [3.63, 3.8) is 0 Å². The van der Waals surface area contributed by atoms with E-state index in [0.29, 0.717) is 37.3 Å². The Labute approximate surface area is 192 Å². The van der Waals surface area contributed by atoms with Crippen LogP contribution < -0.4 is 5.32 Å². The van der Waals surface area contributed by atoms with E-state index in [1.807, 2.05) is 0 Å². The summed E-state index contributed by atoms with van der Waals surface area (Å²) in [5, 5.41) is 3.12. The third-order valence-corrected chi connectivity index (χ3v) is 9.13. The number of hydrogen-bond acceptors (Lipinski definition) is 5. The number of hydrogen-bond donors (Lipinski definition) is 1. The topological polar surface area (TPSA) is 81.7 Å². The van der Waals surface area contributed by atoms with Gasteiger partial charge in [0.1, 0.15) is 6.10 Å². The molecule has 0 aromatic heterocycles. The molecule has 0 heterocycles. The number of carbonyl (C=O) groups is 3. The fourth-order valence-electron chi connectivity index (χ4n) is 7.25. The number of nitrogens with one attached hydrogen (secondary N) is 1. The van der Waals surface area contributed by atoms with Gasteiger partial charge >= 0.3 is 11.9 Å². The van der Waals surface area contributed by atoms with Crippen molar-refractivity contribution in [3.05, 3.63) is 12.2 Å². The van der Waals surface area contributed by atoms with Gasteiger partial charge in [0.15, 0.2) is 0 Å². The van der Waals surface area contributed by atoms with Crippen LogP contribution in [0.25, 0.3) is 0 Å². The molecule has 7 atom stereocenters. The van der Waals surface area contributed by atoms with E-state index in [0.717, 1.165) is 38.5 Å². The van der Waals surface area contributed by atoms with Crippen molar-refractivity contribution in [2.75, 3.05) is 13.2 Å². The summed E-state index contributed by atoms with van der Waals surface area (Å²) in [5.74, 6) is 0.838. The first-order chi connectivity index (χ1) is 15.0. The lowest BCUT2D eigenvalue weighted by atomic mass is 9.49. The minimum absolute atomic E-state index is 0.00744. The largest absolute Gasteiger partial charge is 0.466 e. The van der Waals surface area contributed by atoms with E-state index in [1.165, 1.54) is 19.4 Å². The van der Waals surface area contributed by atoms with Gasteiger partial charge in [-0.15, -0.1) is 0 Å². The van der Waals surface area contributed by atoms with Gasteiger partial charge in [0.2, 0.25) is 5.91 Å². The van der Waals surface area contributed by atoms with E-state index in [2.05, 4.69) is 25.7 Å². The van der Waals surface area contributed by atoms with Gasteiger partial charge in [0, 0.05) is 33.2 Å². The molecule has 3 saturated carbocycles. The van der Waals surface area contributed by atoms with E-state index in [-0.39, 0.29) is 40.7 Å². The van der Waals surface area contributed by atoms with E-state index >= 15 is 0 Å². The van der Waals surface area contributed by atoms with E-state index < -0.39 is 0 Å².